The Morgan fingerprint density at radius 2 is 2.07 bits per heavy atom. The third-order valence-corrected chi connectivity index (χ3v) is 4.98. The van der Waals surface area contributed by atoms with Gasteiger partial charge in [-0.1, -0.05) is 30.9 Å². The van der Waals surface area contributed by atoms with E-state index in [1.165, 1.54) is 17.5 Å². The van der Waals surface area contributed by atoms with Crippen LogP contribution in [-0.2, 0) is 27.1 Å². The van der Waals surface area contributed by atoms with Crippen molar-refractivity contribution in [3.63, 3.8) is 0 Å². The predicted octanol–water partition coefficient (Wildman–Crippen LogP) is 4.85. The molecule has 1 aromatic carbocycles. The minimum Gasteiger partial charge on any atom is -0.495 e. The third-order valence-electron chi connectivity index (χ3n) is 4.98. The number of hydrogen-bond donors (Lipinski definition) is 0. The molecule has 144 valence electrons. The first-order valence-corrected chi connectivity index (χ1v) is 9.77. The van der Waals surface area contributed by atoms with E-state index in [1.807, 2.05) is 19.9 Å². The van der Waals surface area contributed by atoms with Gasteiger partial charge in [-0.2, -0.15) is 0 Å². The summed E-state index contributed by atoms with van der Waals surface area (Å²) in [5.74, 6) is 1.38. The second-order valence-corrected chi connectivity index (χ2v) is 6.68. The van der Waals surface area contributed by atoms with Crippen molar-refractivity contribution < 1.29 is 14.2 Å². The van der Waals surface area contributed by atoms with Crippen LogP contribution >= 0.6 is 0 Å². The Morgan fingerprint density at radius 3 is 2.81 bits per heavy atom. The van der Waals surface area contributed by atoms with Crippen LogP contribution < -0.4 is 0 Å². The van der Waals surface area contributed by atoms with Crippen molar-refractivity contribution in [2.45, 2.75) is 45.6 Å². The highest BCUT2D eigenvalue weighted by Gasteiger charge is 2.23. The molecule has 2 aliphatic carbocycles. The number of aliphatic imine (C=N–C) groups is 1. The molecule has 0 saturated carbocycles. The SMILES string of the molecule is C=C(N=C(OC)C1=CCC(OCC)C(OCC)=C1)c1cccc2c1CCC2. The van der Waals surface area contributed by atoms with E-state index in [2.05, 4.69) is 30.9 Å². The normalized spacial score (nSPS) is 19.2. The fourth-order valence-electron chi connectivity index (χ4n) is 3.76. The molecule has 0 fully saturated rings. The van der Waals surface area contributed by atoms with Gasteiger partial charge in [0.25, 0.3) is 0 Å². The number of fused-ring (bicyclic) bond motifs is 1. The van der Waals surface area contributed by atoms with Gasteiger partial charge >= 0.3 is 0 Å². The molecule has 2 aliphatic rings. The van der Waals surface area contributed by atoms with Crippen LogP contribution in [0.5, 0.6) is 0 Å². The van der Waals surface area contributed by atoms with E-state index in [9.17, 15) is 0 Å². The molecule has 0 aliphatic heterocycles. The summed E-state index contributed by atoms with van der Waals surface area (Å²) in [5.41, 5.74) is 5.56. The molecule has 27 heavy (non-hydrogen) atoms. The van der Waals surface area contributed by atoms with E-state index >= 15 is 0 Å². The zero-order valence-corrected chi connectivity index (χ0v) is 16.6. The molecule has 4 heteroatoms. The molecule has 0 N–H and O–H groups in total. The van der Waals surface area contributed by atoms with Crippen LogP contribution in [0, 0.1) is 0 Å². The first kappa shape index (κ1) is 19.4. The first-order chi connectivity index (χ1) is 13.2. The van der Waals surface area contributed by atoms with E-state index in [1.54, 1.807) is 7.11 Å². The van der Waals surface area contributed by atoms with Crippen LogP contribution in [0.1, 0.15) is 43.4 Å². The predicted molar refractivity (Wildman–Crippen MR) is 110 cm³/mol. The molecular formula is C23H29NO3. The molecular weight excluding hydrogens is 338 g/mol. The van der Waals surface area contributed by atoms with Crippen molar-refractivity contribution in [2.75, 3.05) is 20.3 Å². The van der Waals surface area contributed by atoms with Gasteiger partial charge in [0, 0.05) is 17.7 Å². The van der Waals surface area contributed by atoms with E-state index in [0.29, 0.717) is 19.1 Å². The zero-order valence-electron chi connectivity index (χ0n) is 16.6. The number of ether oxygens (including phenoxy) is 3. The summed E-state index contributed by atoms with van der Waals surface area (Å²) in [7, 11) is 1.64. The number of hydrogen-bond acceptors (Lipinski definition) is 4. The van der Waals surface area contributed by atoms with E-state index < -0.39 is 0 Å². The lowest BCUT2D eigenvalue weighted by molar-refractivity contribution is 0.0389. The molecule has 1 aromatic rings. The molecule has 0 saturated heterocycles. The van der Waals surface area contributed by atoms with Crippen molar-refractivity contribution in [3.05, 3.63) is 65.0 Å². The average Bonchev–Trinajstić information content (AvgIpc) is 3.16. The van der Waals surface area contributed by atoms with Gasteiger partial charge in [0.15, 0.2) is 0 Å². The van der Waals surface area contributed by atoms with Crippen LogP contribution in [0.4, 0.5) is 0 Å². The van der Waals surface area contributed by atoms with Gasteiger partial charge in [-0.3, -0.25) is 0 Å². The van der Waals surface area contributed by atoms with Crippen LogP contribution in [0.15, 0.2) is 53.3 Å². The average molecular weight is 367 g/mol. The largest absolute Gasteiger partial charge is 0.495 e. The van der Waals surface area contributed by atoms with Crippen molar-refractivity contribution >= 4 is 11.6 Å². The molecule has 0 spiro atoms. The van der Waals surface area contributed by atoms with E-state index in [0.717, 1.165) is 41.9 Å². The second-order valence-electron chi connectivity index (χ2n) is 6.68. The second kappa shape index (κ2) is 9.05. The Balaban J connectivity index is 1.86. The number of rotatable bonds is 7. The summed E-state index contributed by atoms with van der Waals surface area (Å²) in [4.78, 5) is 4.72. The summed E-state index contributed by atoms with van der Waals surface area (Å²) >= 11 is 0. The van der Waals surface area contributed by atoms with Gasteiger partial charge in [-0.05, 0) is 56.7 Å². The number of aryl methyl sites for hydroxylation is 1. The quantitative estimate of drug-likeness (QED) is 0.511. The van der Waals surface area contributed by atoms with Gasteiger partial charge in [0.1, 0.15) is 11.9 Å². The highest BCUT2D eigenvalue weighted by molar-refractivity contribution is 5.99. The fourth-order valence-corrected chi connectivity index (χ4v) is 3.76. The fraction of sp³-hybridized carbons (Fsp3) is 0.435. The van der Waals surface area contributed by atoms with Gasteiger partial charge in [-0.15, -0.1) is 0 Å². The Morgan fingerprint density at radius 1 is 1.22 bits per heavy atom. The van der Waals surface area contributed by atoms with Gasteiger partial charge in [0.2, 0.25) is 5.90 Å². The molecule has 0 heterocycles. The van der Waals surface area contributed by atoms with E-state index in [4.69, 9.17) is 19.2 Å². The highest BCUT2D eigenvalue weighted by atomic mass is 16.5. The maximum Gasteiger partial charge on any atom is 0.220 e. The van der Waals surface area contributed by atoms with Gasteiger partial charge in [-0.25, -0.2) is 4.99 Å². The lowest BCUT2D eigenvalue weighted by atomic mass is 10.0. The monoisotopic (exact) mass is 367 g/mol. The molecule has 0 bridgehead atoms. The minimum absolute atomic E-state index is 0.0441. The van der Waals surface area contributed by atoms with Crippen LogP contribution in [0.2, 0.25) is 0 Å². The van der Waals surface area contributed by atoms with Gasteiger partial charge < -0.3 is 14.2 Å². The third kappa shape index (κ3) is 4.33. The van der Waals surface area contributed by atoms with Crippen molar-refractivity contribution in [1.29, 1.82) is 0 Å². The maximum absolute atomic E-state index is 5.79. The topological polar surface area (TPSA) is 40.0 Å². The summed E-state index contributed by atoms with van der Waals surface area (Å²) in [5, 5.41) is 0. The Labute approximate surface area is 162 Å². The van der Waals surface area contributed by atoms with E-state index in [-0.39, 0.29) is 6.10 Å². The molecule has 0 aromatic heterocycles. The zero-order chi connectivity index (χ0) is 19.2. The molecule has 4 nitrogen and oxygen atoms in total. The molecule has 0 amide bonds. The maximum atomic E-state index is 5.79. The summed E-state index contributed by atoms with van der Waals surface area (Å²) in [6.45, 7) is 9.44. The summed E-state index contributed by atoms with van der Waals surface area (Å²) in [6, 6.07) is 6.39. The molecule has 1 atom stereocenters. The summed E-state index contributed by atoms with van der Waals surface area (Å²) < 4.78 is 17.2. The Hall–Kier alpha value is -2.33. The lowest BCUT2D eigenvalue weighted by Crippen LogP contribution is -2.22. The smallest absolute Gasteiger partial charge is 0.220 e. The number of benzene rings is 1. The van der Waals surface area contributed by atoms with Crippen LogP contribution in [0.3, 0.4) is 0 Å². The number of methoxy groups -OCH3 is 1. The van der Waals surface area contributed by atoms with Crippen molar-refractivity contribution in [1.82, 2.24) is 0 Å². The van der Waals surface area contributed by atoms with Crippen molar-refractivity contribution in [2.24, 2.45) is 4.99 Å². The molecule has 3 rings (SSSR count). The van der Waals surface area contributed by atoms with Crippen molar-refractivity contribution in [3.8, 4) is 0 Å². The lowest BCUT2D eigenvalue weighted by Gasteiger charge is -2.23. The Bertz CT molecular complexity index is 789. The highest BCUT2D eigenvalue weighted by Crippen LogP contribution is 2.30. The van der Waals surface area contributed by atoms with Crippen LogP contribution in [0.25, 0.3) is 5.70 Å². The molecule has 1 unspecified atom stereocenters. The molecule has 0 radical (unpaired) electrons. The van der Waals surface area contributed by atoms with Crippen LogP contribution in [-0.4, -0.2) is 32.3 Å². The van der Waals surface area contributed by atoms with Gasteiger partial charge in [0.05, 0.1) is 19.4 Å². The minimum atomic E-state index is -0.0441. The summed E-state index contributed by atoms with van der Waals surface area (Å²) in [6.07, 6.45) is 8.19. The Kier molecular flexibility index (Phi) is 6.51. The standard InChI is InChI=1S/C23H29NO3/c1-5-26-21-14-13-18(15-22(21)27-6-2)23(25-4)24-16(3)19-11-7-9-17-10-8-12-20(17)19/h7,9,11,13,15,21H,3,5-6,8,10,12,14H2,1-2,4H3. The first-order valence-electron chi connectivity index (χ1n) is 9.77. The number of nitrogens with zero attached hydrogens (tertiary/aromatic N) is 1.